The van der Waals surface area contributed by atoms with E-state index in [2.05, 4.69) is 52.5 Å². The molecule has 2 unspecified atom stereocenters. The molecule has 2 atom stereocenters. The maximum atomic E-state index is 4.36. The smallest absolute Gasteiger partial charge is 0.159 e. The molecule has 2 aromatic rings. The number of rotatable bonds is 1. The molecule has 4 nitrogen and oxygen atoms in total. The summed E-state index contributed by atoms with van der Waals surface area (Å²) in [5.74, 6) is 1.01. The molecule has 0 saturated carbocycles. The van der Waals surface area contributed by atoms with Crippen molar-refractivity contribution in [1.29, 1.82) is 0 Å². The van der Waals surface area contributed by atoms with Crippen LogP contribution >= 0.6 is 0 Å². The summed E-state index contributed by atoms with van der Waals surface area (Å²) >= 11 is 0. The number of nitrogens with zero attached hydrogens (tertiary/aromatic N) is 3. The van der Waals surface area contributed by atoms with E-state index < -0.39 is 0 Å². The second-order valence-electron chi connectivity index (χ2n) is 5.07. The Morgan fingerprint density at radius 2 is 2.11 bits per heavy atom. The van der Waals surface area contributed by atoms with Crippen LogP contribution in [0.2, 0.25) is 0 Å². The Labute approximate surface area is 107 Å². The van der Waals surface area contributed by atoms with Crippen molar-refractivity contribution in [1.82, 2.24) is 15.5 Å². The molecule has 1 saturated heterocycles. The zero-order valence-electron chi connectivity index (χ0n) is 10.8. The molecule has 1 fully saturated rings. The van der Waals surface area contributed by atoms with E-state index in [0.717, 1.165) is 24.3 Å². The van der Waals surface area contributed by atoms with Crippen molar-refractivity contribution in [2.45, 2.75) is 25.9 Å². The quantitative estimate of drug-likeness (QED) is 0.828. The van der Waals surface area contributed by atoms with Gasteiger partial charge in [0, 0.05) is 35.9 Å². The topological polar surface area (TPSA) is 41.1 Å². The second-order valence-corrected chi connectivity index (χ2v) is 5.07. The molecular formula is C14H18N4. The van der Waals surface area contributed by atoms with Crippen LogP contribution in [0.3, 0.4) is 0 Å². The van der Waals surface area contributed by atoms with E-state index >= 15 is 0 Å². The normalized spacial score (nSPS) is 24.4. The Morgan fingerprint density at radius 3 is 3.00 bits per heavy atom. The summed E-state index contributed by atoms with van der Waals surface area (Å²) in [5, 5.41) is 14.3. The van der Waals surface area contributed by atoms with Crippen molar-refractivity contribution < 1.29 is 0 Å². The highest BCUT2D eigenvalue weighted by atomic mass is 15.3. The van der Waals surface area contributed by atoms with E-state index in [1.54, 1.807) is 0 Å². The molecule has 1 aliphatic heterocycles. The highest BCUT2D eigenvalue weighted by Crippen LogP contribution is 2.25. The predicted molar refractivity (Wildman–Crippen MR) is 73.8 cm³/mol. The first kappa shape index (κ1) is 11.4. The molecule has 2 heterocycles. The zero-order chi connectivity index (χ0) is 12.5. The molecule has 0 amide bonds. The van der Waals surface area contributed by atoms with E-state index in [-0.39, 0.29) is 0 Å². The lowest BCUT2D eigenvalue weighted by Gasteiger charge is -2.38. The van der Waals surface area contributed by atoms with Gasteiger partial charge in [0.2, 0.25) is 0 Å². The van der Waals surface area contributed by atoms with Gasteiger partial charge in [0.25, 0.3) is 0 Å². The summed E-state index contributed by atoms with van der Waals surface area (Å²) in [5.41, 5.74) is 0. The fraction of sp³-hybridized carbons (Fsp3) is 0.429. The van der Waals surface area contributed by atoms with Gasteiger partial charge in [-0.2, -0.15) is 5.10 Å². The van der Waals surface area contributed by atoms with E-state index in [4.69, 9.17) is 0 Å². The Hall–Kier alpha value is -1.68. The Kier molecular flexibility index (Phi) is 2.88. The van der Waals surface area contributed by atoms with Gasteiger partial charge in [0.1, 0.15) is 0 Å². The van der Waals surface area contributed by atoms with Crippen LogP contribution in [0.1, 0.15) is 13.8 Å². The summed E-state index contributed by atoms with van der Waals surface area (Å²) in [4.78, 5) is 2.36. The molecule has 0 radical (unpaired) electrons. The molecule has 1 N–H and O–H groups in total. The van der Waals surface area contributed by atoms with Gasteiger partial charge in [-0.05, 0) is 13.8 Å². The molecule has 3 rings (SSSR count). The molecule has 0 bridgehead atoms. The average molecular weight is 242 g/mol. The van der Waals surface area contributed by atoms with Crippen molar-refractivity contribution >= 4 is 16.6 Å². The summed E-state index contributed by atoms with van der Waals surface area (Å²) in [6.45, 7) is 6.40. The lowest BCUT2D eigenvalue weighted by atomic mass is 10.1. The van der Waals surface area contributed by atoms with E-state index in [1.807, 2.05) is 12.3 Å². The van der Waals surface area contributed by atoms with Gasteiger partial charge in [-0.25, -0.2) is 0 Å². The standard InChI is InChI=1S/C14H18N4/c1-10-9-18(11(2)7-15-10)14-13-6-4-3-5-12(13)8-16-17-14/h3-6,8,10-11,15H,7,9H2,1-2H3. The number of piperazine rings is 1. The van der Waals surface area contributed by atoms with Gasteiger partial charge < -0.3 is 10.2 Å². The molecule has 0 aliphatic carbocycles. The Balaban J connectivity index is 2.07. The third kappa shape index (κ3) is 1.93. The number of hydrogen-bond acceptors (Lipinski definition) is 4. The second kappa shape index (κ2) is 4.53. The Morgan fingerprint density at radius 1 is 1.28 bits per heavy atom. The first-order valence-corrected chi connectivity index (χ1v) is 6.46. The molecule has 18 heavy (non-hydrogen) atoms. The van der Waals surface area contributed by atoms with Crippen LogP contribution in [0.25, 0.3) is 10.8 Å². The molecule has 94 valence electrons. The van der Waals surface area contributed by atoms with Crippen LogP contribution in [0.15, 0.2) is 30.5 Å². The summed E-state index contributed by atoms with van der Waals surface area (Å²) in [6, 6.07) is 9.24. The van der Waals surface area contributed by atoms with E-state index in [1.165, 1.54) is 5.39 Å². The summed E-state index contributed by atoms with van der Waals surface area (Å²) < 4.78 is 0. The first-order valence-electron chi connectivity index (χ1n) is 6.46. The number of fused-ring (bicyclic) bond motifs is 1. The minimum atomic E-state index is 0.446. The van der Waals surface area contributed by atoms with Gasteiger partial charge in [-0.1, -0.05) is 24.3 Å². The molecular weight excluding hydrogens is 224 g/mol. The number of benzene rings is 1. The van der Waals surface area contributed by atoms with Crippen LogP contribution in [0, 0.1) is 0 Å². The third-order valence-corrected chi connectivity index (χ3v) is 3.59. The van der Waals surface area contributed by atoms with E-state index in [9.17, 15) is 0 Å². The number of aromatic nitrogens is 2. The summed E-state index contributed by atoms with van der Waals surface area (Å²) in [6.07, 6.45) is 1.83. The molecule has 1 aromatic heterocycles. The highest BCUT2D eigenvalue weighted by Gasteiger charge is 2.24. The fourth-order valence-electron chi connectivity index (χ4n) is 2.54. The van der Waals surface area contributed by atoms with Gasteiger partial charge in [-0.15, -0.1) is 5.10 Å². The predicted octanol–water partition coefficient (Wildman–Crippen LogP) is 1.82. The van der Waals surface area contributed by atoms with Crippen molar-refractivity contribution in [3.63, 3.8) is 0 Å². The third-order valence-electron chi connectivity index (χ3n) is 3.59. The summed E-state index contributed by atoms with van der Waals surface area (Å²) in [7, 11) is 0. The minimum absolute atomic E-state index is 0.446. The van der Waals surface area contributed by atoms with Gasteiger partial charge in [-0.3, -0.25) is 0 Å². The van der Waals surface area contributed by atoms with Gasteiger partial charge in [0.05, 0.1) is 6.20 Å². The fourth-order valence-corrected chi connectivity index (χ4v) is 2.54. The number of anilines is 1. The molecule has 0 spiro atoms. The zero-order valence-corrected chi connectivity index (χ0v) is 10.8. The van der Waals surface area contributed by atoms with E-state index in [0.29, 0.717) is 12.1 Å². The molecule has 1 aromatic carbocycles. The largest absolute Gasteiger partial charge is 0.349 e. The number of nitrogens with one attached hydrogen (secondary N) is 1. The highest BCUT2D eigenvalue weighted by molar-refractivity contribution is 5.91. The maximum Gasteiger partial charge on any atom is 0.159 e. The maximum absolute atomic E-state index is 4.36. The van der Waals surface area contributed by atoms with Crippen LogP contribution in [0.5, 0.6) is 0 Å². The Bertz CT molecular complexity index is 549. The number of hydrogen-bond donors (Lipinski definition) is 1. The average Bonchev–Trinajstić information content (AvgIpc) is 2.41. The minimum Gasteiger partial charge on any atom is -0.349 e. The van der Waals surface area contributed by atoms with Crippen LogP contribution in [0.4, 0.5) is 5.82 Å². The van der Waals surface area contributed by atoms with Crippen LogP contribution in [-0.4, -0.2) is 35.4 Å². The van der Waals surface area contributed by atoms with Crippen molar-refractivity contribution in [2.75, 3.05) is 18.0 Å². The lowest BCUT2D eigenvalue weighted by Crippen LogP contribution is -2.54. The van der Waals surface area contributed by atoms with Gasteiger partial charge in [0.15, 0.2) is 5.82 Å². The van der Waals surface area contributed by atoms with Crippen molar-refractivity contribution in [3.05, 3.63) is 30.5 Å². The van der Waals surface area contributed by atoms with Gasteiger partial charge >= 0.3 is 0 Å². The lowest BCUT2D eigenvalue weighted by molar-refractivity contribution is 0.422. The first-order chi connectivity index (χ1) is 8.75. The van der Waals surface area contributed by atoms with Crippen molar-refractivity contribution in [3.8, 4) is 0 Å². The van der Waals surface area contributed by atoms with Crippen LogP contribution in [-0.2, 0) is 0 Å². The van der Waals surface area contributed by atoms with Crippen molar-refractivity contribution in [2.24, 2.45) is 0 Å². The SMILES string of the molecule is CC1CN(c2nncc3ccccc23)C(C)CN1. The van der Waals surface area contributed by atoms with Crippen LogP contribution < -0.4 is 10.2 Å². The monoisotopic (exact) mass is 242 g/mol. The molecule has 4 heteroatoms. The molecule has 1 aliphatic rings.